The summed E-state index contributed by atoms with van der Waals surface area (Å²) in [5.74, 6) is -1.87. The van der Waals surface area contributed by atoms with Gasteiger partial charge in [-0.15, -0.1) is 116 Å². The van der Waals surface area contributed by atoms with Crippen LogP contribution in [0.25, 0.3) is 0 Å². The summed E-state index contributed by atoms with van der Waals surface area (Å²) in [5, 5.41) is 25.0. The number of aliphatic hydroxyl groups is 2. The molecule has 43 heteroatoms. The van der Waals surface area contributed by atoms with Gasteiger partial charge < -0.3 is 28.3 Å². The standard InChI is InChI=1S/C21H66O10P32S/c1-9-11(28-53(61(48)57(40)41)63(59(44)45)60(46)47)6-10-15(27-49-32)17-20(4,18(23)16(14(9)19(10,2)3)30-52(56(38)39)62(50-33)58(42)43)12(29-51(54(34)35)55(36)37)7-13(21(17,24)8-22)31-64(5,25)26/h9-13,15,17,22,24,49-50H,6-8,32-48H2,1-5H3/t9?,10?,11-,12-,13-,15+,17-,20+,21-,52?,53?,61?,62?/m0/s1. The molecular formula is C21H66O10P32S. The Morgan fingerprint density at radius 3 is 1.69 bits per heavy atom. The zero-order valence-corrected chi connectivity index (χ0v) is 69.4. The molecule has 32 atom stereocenters. The van der Waals surface area contributed by atoms with Gasteiger partial charge in [-0.3, -0.25) is 8.98 Å². The fourth-order valence-corrected chi connectivity index (χ4v) is 204. The third-order valence-corrected chi connectivity index (χ3v) is 153. The molecule has 0 saturated heterocycles. The zero-order valence-electron chi connectivity index (χ0n) is 35.4. The van der Waals surface area contributed by atoms with Crippen molar-refractivity contribution in [1.82, 2.24) is 0 Å². The van der Waals surface area contributed by atoms with Crippen molar-refractivity contribution in [2.24, 2.45) is 28.6 Å². The largest absolute Gasteiger partial charge is 0.460 e. The Bertz CT molecular complexity index is 1680. The molecule has 3 rings (SSSR count). The highest BCUT2D eigenvalue weighted by Gasteiger charge is 2.71. The van der Waals surface area contributed by atoms with Crippen molar-refractivity contribution in [2.45, 2.75) is 70.6 Å². The quantitative estimate of drug-likeness (QED) is 0.0796. The van der Waals surface area contributed by atoms with Gasteiger partial charge in [0.05, 0.1) is 51.6 Å². The Hall–Kier alpha value is 12.7. The maximum absolute atomic E-state index is 16.8. The van der Waals surface area contributed by atoms with Gasteiger partial charge in [-0.25, -0.2) is 0 Å². The molecule has 0 radical (unpaired) electrons. The van der Waals surface area contributed by atoms with Crippen molar-refractivity contribution >= 4 is 277 Å². The van der Waals surface area contributed by atoms with E-state index >= 15 is 4.79 Å². The lowest BCUT2D eigenvalue weighted by Crippen LogP contribution is -2.73. The minimum atomic E-state index is -4.19. The Labute approximate surface area is 441 Å². The zero-order chi connectivity index (χ0) is 49.4. The van der Waals surface area contributed by atoms with Crippen LogP contribution in [0.4, 0.5) is 0 Å². The normalized spacial score (nSPS) is 32.7. The van der Waals surface area contributed by atoms with E-state index in [0.717, 1.165) is 11.8 Å². The van der Waals surface area contributed by atoms with Gasteiger partial charge in [-0.05, 0) is 72.2 Å². The van der Waals surface area contributed by atoms with E-state index in [4.69, 9.17) is 22.3 Å². The summed E-state index contributed by atoms with van der Waals surface area (Å²) in [6, 6.07) is 0. The number of Topliss-reactive ketones (excluding diaryl/α,β-unsaturated/α-hetero) is 1. The lowest BCUT2D eigenvalue weighted by molar-refractivity contribution is -0.242. The molecule has 3 aliphatic rings. The smallest absolute Gasteiger partial charge is 0.264 e. The molecule has 2 N–H and O–H groups in total. The van der Waals surface area contributed by atoms with E-state index in [1.165, 1.54) is 0 Å². The summed E-state index contributed by atoms with van der Waals surface area (Å²) in [4.78, 5) is 16.8. The summed E-state index contributed by atoms with van der Waals surface area (Å²) < 4.78 is 61.7. The molecule has 0 amide bonds. The van der Waals surface area contributed by atoms with E-state index in [2.05, 4.69) is 173 Å². The molecule has 0 aromatic rings. The maximum atomic E-state index is 16.8. The summed E-state index contributed by atoms with van der Waals surface area (Å²) in [7, 11) is 43.7. The lowest BCUT2D eigenvalue weighted by atomic mass is 9.47. The highest BCUT2D eigenvalue weighted by Crippen LogP contribution is 3.18. The van der Waals surface area contributed by atoms with Crippen LogP contribution < -0.4 is 0 Å². The molecule has 2 saturated carbocycles. The molecule has 0 aliphatic heterocycles. The highest BCUT2D eigenvalue weighted by atomic mass is 33.2. The number of hydrogen-bond acceptors (Lipinski definition) is 10. The molecule has 10 nitrogen and oxygen atoms in total. The molecule has 3 aliphatic carbocycles. The second-order valence-electron chi connectivity index (χ2n) is 15.3. The van der Waals surface area contributed by atoms with Gasteiger partial charge in [0, 0.05) is 54.7 Å². The van der Waals surface area contributed by atoms with Crippen LogP contribution in [0.3, 0.4) is 0 Å². The third-order valence-electron chi connectivity index (χ3n) is 11.1. The molecule has 25 unspecified atom stereocenters. The van der Waals surface area contributed by atoms with Crippen molar-refractivity contribution in [2.75, 3.05) is 12.9 Å². The molecule has 0 heterocycles. The summed E-state index contributed by atoms with van der Waals surface area (Å²) in [6.45, 7) is 1.07. The molecule has 0 spiro atoms. The van der Waals surface area contributed by atoms with Crippen LogP contribution in [0.2, 0.25) is 0 Å². The maximum Gasteiger partial charge on any atom is 0.264 e. The molecule has 0 aromatic heterocycles. The first kappa shape index (κ1) is 70.9. The average Bonchev–Trinajstić information content (AvgIpc) is 3.15. The van der Waals surface area contributed by atoms with E-state index in [1.54, 1.807) is 0 Å². The van der Waals surface area contributed by atoms with Crippen molar-refractivity contribution in [1.29, 1.82) is 0 Å². The number of hydrogen-bond donors (Lipinski definition) is 2. The van der Waals surface area contributed by atoms with Crippen molar-refractivity contribution in [3.05, 3.63) is 11.3 Å². The number of ketones is 1. The van der Waals surface area contributed by atoms with Gasteiger partial charge in [-0.2, -0.15) is 8.42 Å². The van der Waals surface area contributed by atoms with Crippen molar-refractivity contribution in [3.8, 4) is 0 Å². The third kappa shape index (κ3) is 17.6. The lowest BCUT2D eigenvalue weighted by Gasteiger charge is -2.62. The second kappa shape index (κ2) is 31.5. The minimum absolute atomic E-state index is 0.150. The highest BCUT2D eigenvalue weighted by molar-refractivity contribution is 9.19. The van der Waals surface area contributed by atoms with E-state index in [0.29, 0.717) is 20.1 Å². The SMILES string of the molecule is CC1C2=C(OP(P(P)P)P(PP)P(P)P)C(=O)[C@]3(C)[C@@H](OP(P(P)P)P(P)P)C[C@H](OS(C)(=O)=O)[C@@](O)(CO)[C@H]3[C@H](OPP)C(C[C@@H]1OP(P(P)P(P)P)P(P(P)P)P(P)P)C2(C)C. The molecule has 2 bridgehead atoms. The van der Waals surface area contributed by atoms with Crippen LogP contribution >= 0.6 is 261 Å². The monoisotopic (exact) mass is 1500 g/mol. The van der Waals surface area contributed by atoms with E-state index in [-0.39, 0.29) is 32.7 Å². The van der Waals surface area contributed by atoms with Gasteiger partial charge in [-0.1, -0.05) is 64.4 Å². The van der Waals surface area contributed by atoms with Crippen LogP contribution in [0, 0.1) is 28.6 Å². The van der Waals surface area contributed by atoms with E-state index in [9.17, 15) is 18.6 Å². The number of allylic oxidation sites excluding steroid dienone is 1. The number of carbonyl (C=O) groups is 1. The number of rotatable bonds is 22. The fourth-order valence-electron chi connectivity index (χ4n) is 8.47. The van der Waals surface area contributed by atoms with E-state index in [1.807, 2.05) is 6.92 Å². The fraction of sp³-hybridized carbons (Fsp3) is 0.857. The first-order valence-corrected chi connectivity index (χ1v) is 74.7. The summed E-state index contributed by atoms with van der Waals surface area (Å²) in [5.41, 5.74) is -3.72. The topological polar surface area (TPSA) is 138 Å². The van der Waals surface area contributed by atoms with Crippen molar-refractivity contribution < 1.29 is 45.7 Å². The number of carbonyl (C=O) groups excluding carboxylic acids is 1. The molecule has 0 aromatic carbocycles. The van der Waals surface area contributed by atoms with Gasteiger partial charge in [0.2, 0.25) is 5.78 Å². The molecule has 2 fully saturated rings. The first-order chi connectivity index (χ1) is 29.3. The van der Waals surface area contributed by atoms with Crippen molar-refractivity contribution in [3.63, 3.8) is 0 Å². The Morgan fingerprint density at radius 1 is 0.750 bits per heavy atom. The first-order valence-electron chi connectivity index (χ1n) is 18.0. The number of fused-ring (bicyclic) bond motifs is 3. The van der Waals surface area contributed by atoms with Gasteiger partial charge in [0.15, 0.2) is 13.3 Å². The average molecular weight is 1500 g/mol. The predicted octanol–water partition coefficient (Wildman–Crippen LogP) is 18.6. The van der Waals surface area contributed by atoms with Crippen LogP contribution in [-0.2, 0) is 37.2 Å². The van der Waals surface area contributed by atoms with Crippen LogP contribution in [0.1, 0.15) is 40.5 Å². The molecular weight excluding hydrogens is 1440 g/mol. The Kier molecular flexibility index (Phi) is 35.0. The molecule has 376 valence electrons. The van der Waals surface area contributed by atoms with Gasteiger partial charge in [0.1, 0.15) is 11.7 Å². The second-order valence-corrected chi connectivity index (χ2v) is 125. The van der Waals surface area contributed by atoms with E-state index < -0.39 is 156 Å². The Morgan fingerprint density at radius 2 is 1.28 bits per heavy atom. The van der Waals surface area contributed by atoms with Crippen LogP contribution in [0.15, 0.2) is 11.3 Å². The molecule has 64 heavy (non-hydrogen) atoms. The van der Waals surface area contributed by atoms with Crippen LogP contribution in [-0.4, -0.2) is 67.3 Å². The summed E-state index contributed by atoms with van der Waals surface area (Å²) in [6.07, 6.45) is -2.32. The van der Waals surface area contributed by atoms with Gasteiger partial charge >= 0.3 is 0 Å². The van der Waals surface area contributed by atoms with Crippen LogP contribution in [0.5, 0.6) is 0 Å². The summed E-state index contributed by atoms with van der Waals surface area (Å²) >= 11 is 0. The minimum Gasteiger partial charge on any atom is -0.460 e. The van der Waals surface area contributed by atoms with Gasteiger partial charge in [0.25, 0.3) is 10.1 Å². The Balaban J connectivity index is 2.68. The number of aliphatic hydroxyl groups excluding tert-OH is 1. The predicted molar refractivity (Wildman–Crippen MR) is 378 cm³/mol.